The summed E-state index contributed by atoms with van der Waals surface area (Å²) in [5, 5.41) is 3.75. The van der Waals surface area contributed by atoms with Crippen molar-refractivity contribution in [2.24, 2.45) is 5.73 Å². The molecular formula is C16H34N2. The molecule has 0 aromatic heterocycles. The topological polar surface area (TPSA) is 38.0 Å². The molecule has 1 unspecified atom stereocenters. The van der Waals surface area contributed by atoms with Gasteiger partial charge in [-0.25, -0.2) is 0 Å². The summed E-state index contributed by atoms with van der Waals surface area (Å²) in [6, 6.07) is 1.34. The molecule has 0 aliphatic heterocycles. The lowest BCUT2D eigenvalue weighted by atomic mass is 10.0. The van der Waals surface area contributed by atoms with E-state index in [4.69, 9.17) is 5.73 Å². The van der Waals surface area contributed by atoms with E-state index in [2.05, 4.69) is 12.2 Å². The second-order valence-corrected chi connectivity index (χ2v) is 5.99. The quantitative estimate of drug-likeness (QED) is 0.547. The number of hydrogen-bond acceptors (Lipinski definition) is 2. The molecule has 18 heavy (non-hydrogen) atoms. The molecule has 1 aliphatic carbocycles. The first-order chi connectivity index (χ1) is 8.86. The van der Waals surface area contributed by atoms with E-state index in [0.29, 0.717) is 6.04 Å². The summed E-state index contributed by atoms with van der Waals surface area (Å²) < 4.78 is 0. The first kappa shape index (κ1) is 16.0. The van der Waals surface area contributed by atoms with Gasteiger partial charge in [-0.05, 0) is 19.3 Å². The molecule has 0 aromatic rings. The molecule has 0 saturated heterocycles. The van der Waals surface area contributed by atoms with Crippen molar-refractivity contribution in [3.63, 3.8) is 0 Å². The average Bonchev–Trinajstić information content (AvgIpc) is 2.89. The lowest BCUT2D eigenvalue weighted by molar-refractivity contribution is 0.401. The van der Waals surface area contributed by atoms with Gasteiger partial charge >= 0.3 is 0 Å². The highest BCUT2D eigenvalue weighted by molar-refractivity contribution is 4.79. The molecule has 108 valence electrons. The van der Waals surface area contributed by atoms with Crippen LogP contribution in [0, 0.1) is 0 Å². The molecule has 1 saturated carbocycles. The number of hydrogen-bond donors (Lipinski definition) is 2. The molecule has 0 radical (unpaired) electrons. The fraction of sp³-hybridized carbons (Fsp3) is 1.00. The maximum Gasteiger partial charge on any atom is 0.0192 e. The third-order valence-corrected chi connectivity index (χ3v) is 4.27. The third-order valence-electron chi connectivity index (χ3n) is 4.27. The summed E-state index contributed by atoms with van der Waals surface area (Å²) in [4.78, 5) is 0. The number of unbranched alkanes of at least 4 members (excludes halogenated alkanes) is 6. The van der Waals surface area contributed by atoms with E-state index in [1.165, 1.54) is 77.0 Å². The molecule has 2 heteroatoms. The smallest absolute Gasteiger partial charge is 0.0192 e. The summed E-state index contributed by atoms with van der Waals surface area (Å²) >= 11 is 0. The van der Waals surface area contributed by atoms with Gasteiger partial charge in [0.2, 0.25) is 0 Å². The maximum atomic E-state index is 5.87. The standard InChI is InChI=1S/C16H34N2/c1-2-3-4-5-6-7-8-13-16(14-17)18-15-11-9-10-12-15/h15-16,18H,2-14,17H2,1H3. The van der Waals surface area contributed by atoms with Crippen LogP contribution >= 0.6 is 0 Å². The van der Waals surface area contributed by atoms with Crippen molar-refractivity contribution in [2.45, 2.75) is 96.1 Å². The zero-order chi connectivity index (χ0) is 13.1. The Balaban J connectivity index is 1.94. The Bertz CT molecular complexity index is 176. The largest absolute Gasteiger partial charge is 0.329 e. The minimum absolute atomic E-state index is 0.573. The van der Waals surface area contributed by atoms with Crippen LogP contribution < -0.4 is 11.1 Å². The zero-order valence-electron chi connectivity index (χ0n) is 12.4. The molecule has 0 bridgehead atoms. The highest BCUT2D eigenvalue weighted by Crippen LogP contribution is 2.19. The summed E-state index contributed by atoms with van der Waals surface area (Å²) in [5.41, 5.74) is 5.87. The SMILES string of the molecule is CCCCCCCCCC(CN)NC1CCCC1. The minimum atomic E-state index is 0.573. The van der Waals surface area contributed by atoms with E-state index < -0.39 is 0 Å². The van der Waals surface area contributed by atoms with Crippen LogP contribution in [0.5, 0.6) is 0 Å². The van der Waals surface area contributed by atoms with Crippen LogP contribution in [0.1, 0.15) is 84.0 Å². The average molecular weight is 254 g/mol. The van der Waals surface area contributed by atoms with Crippen molar-refractivity contribution < 1.29 is 0 Å². The van der Waals surface area contributed by atoms with Crippen LogP contribution in [-0.4, -0.2) is 18.6 Å². The first-order valence-electron chi connectivity index (χ1n) is 8.33. The summed E-state index contributed by atoms with van der Waals surface area (Å²) in [6.07, 6.45) is 16.6. The molecule has 0 spiro atoms. The van der Waals surface area contributed by atoms with Gasteiger partial charge in [-0.2, -0.15) is 0 Å². The summed E-state index contributed by atoms with van der Waals surface area (Å²) in [7, 11) is 0. The highest BCUT2D eigenvalue weighted by Gasteiger charge is 2.17. The Hall–Kier alpha value is -0.0800. The van der Waals surface area contributed by atoms with Gasteiger partial charge in [0.15, 0.2) is 0 Å². The Morgan fingerprint density at radius 1 is 1.00 bits per heavy atom. The van der Waals surface area contributed by atoms with Crippen molar-refractivity contribution >= 4 is 0 Å². The predicted molar refractivity (Wildman–Crippen MR) is 80.8 cm³/mol. The van der Waals surface area contributed by atoms with Crippen molar-refractivity contribution in [3.8, 4) is 0 Å². The van der Waals surface area contributed by atoms with Gasteiger partial charge < -0.3 is 11.1 Å². The van der Waals surface area contributed by atoms with Crippen molar-refractivity contribution in [2.75, 3.05) is 6.54 Å². The van der Waals surface area contributed by atoms with E-state index in [9.17, 15) is 0 Å². The molecule has 0 heterocycles. The number of rotatable bonds is 11. The summed E-state index contributed by atoms with van der Waals surface area (Å²) in [5.74, 6) is 0. The molecule has 3 N–H and O–H groups in total. The Morgan fingerprint density at radius 2 is 1.61 bits per heavy atom. The zero-order valence-corrected chi connectivity index (χ0v) is 12.4. The minimum Gasteiger partial charge on any atom is -0.329 e. The second-order valence-electron chi connectivity index (χ2n) is 5.99. The third kappa shape index (κ3) is 7.38. The van der Waals surface area contributed by atoms with Crippen LogP contribution in [0.15, 0.2) is 0 Å². The molecule has 1 rings (SSSR count). The van der Waals surface area contributed by atoms with Gasteiger partial charge in [-0.3, -0.25) is 0 Å². The van der Waals surface area contributed by atoms with Crippen LogP contribution in [0.2, 0.25) is 0 Å². The van der Waals surface area contributed by atoms with Crippen LogP contribution in [0.25, 0.3) is 0 Å². The first-order valence-corrected chi connectivity index (χ1v) is 8.33. The molecule has 0 amide bonds. The number of nitrogens with one attached hydrogen (secondary N) is 1. The normalized spacial score (nSPS) is 18.3. The number of nitrogens with two attached hydrogens (primary N) is 1. The van der Waals surface area contributed by atoms with E-state index >= 15 is 0 Å². The Kier molecular flexibility index (Phi) is 9.59. The molecule has 1 aliphatic rings. The lowest BCUT2D eigenvalue weighted by Gasteiger charge is -2.21. The maximum absolute atomic E-state index is 5.87. The highest BCUT2D eigenvalue weighted by atomic mass is 15.0. The Labute approximate surface area is 114 Å². The van der Waals surface area contributed by atoms with Gasteiger partial charge in [-0.1, -0.05) is 64.7 Å². The van der Waals surface area contributed by atoms with Crippen molar-refractivity contribution in [3.05, 3.63) is 0 Å². The van der Waals surface area contributed by atoms with E-state index in [0.717, 1.165) is 12.6 Å². The van der Waals surface area contributed by atoms with Crippen LogP contribution in [0.4, 0.5) is 0 Å². The van der Waals surface area contributed by atoms with Gasteiger partial charge in [0, 0.05) is 18.6 Å². The lowest BCUT2D eigenvalue weighted by Crippen LogP contribution is -2.41. The van der Waals surface area contributed by atoms with E-state index in [1.54, 1.807) is 0 Å². The summed E-state index contributed by atoms with van der Waals surface area (Å²) in [6.45, 7) is 3.09. The monoisotopic (exact) mass is 254 g/mol. The fourth-order valence-corrected chi connectivity index (χ4v) is 3.04. The van der Waals surface area contributed by atoms with E-state index in [1.807, 2.05) is 0 Å². The molecule has 0 aromatic carbocycles. The predicted octanol–water partition coefficient (Wildman–Crippen LogP) is 3.99. The fourth-order valence-electron chi connectivity index (χ4n) is 3.04. The van der Waals surface area contributed by atoms with Crippen molar-refractivity contribution in [1.29, 1.82) is 0 Å². The molecular weight excluding hydrogens is 220 g/mol. The van der Waals surface area contributed by atoms with Gasteiger partial charge in [0.25, 0.3) is 0 Å². The van der Waals surface area contributed by atoms with E-state index in [-0.39, 0.29) is 0 Å². The molecule has 1 atom stereocenters. The molecule has 1 fully saturated rings. The van der Waals surface area contributed by atoms with Gasteiger partial charge in [-0.15, -0.1) is 0 Å². The van der Waals surface area contributed by atoms with Crippen LogP contribution in [0.3, 0.4) is 0 Å². The van der Waals surface area contributed by atoms with Gasteiger partial charge in [0.05, 0.1) is 0 Å². The van der Waals surface area contributed by atoms with Crippen molar-refractivity contribution in [1.82, 2.24) is 5.32 Å². The second kappa shape index (κ2) is 10.8. The van der Waals surface area contributed by atoms with Gasteiger partial charge in [0.1, 0.15) is 0 Å². The molecule has 2 nitrogen and oxygen atoms in total. The Morgan fingerprint density at radius 3 is 2.22 bits per heavy atom. The van der Waals surface area contributed by atoms with Crippen LogP contribution in [-0.2, 0) is 0 Å².